The van der Waals surface area contributed by atoms with Gasteiger partial charge in [0.05, 0.1) is 42.7 Å². The van der Waals surface area contributed by atoms with Gasteiger partial charge in [-0.1, -0.05) is 86.3 Å². The molecule has 6 rings (SSSR count). The third-order valence-electron chi connectivity index (χ3n) is 14.3. The molecule has 0 fully saturated rings. The highest BCUT2D eigenvalue weighted by Crippen LogP contribution is 2.36. The Bertz CT molecular complexity index is 2420. The Labute approximate surface area is 547 Å². The number of benzene rings is 6. The fraction of sp³-hybridized carbons (Fsp3) is 0.455. The lowest BCUT2D eigenvalue weighted by Gasteiger charge is -2.17. The Balaban J connectivity index is -0.00000146. The van der Waals surface area contributed by atoms with Gasteiger partial charge in [-0.2, -0.15) is 0 Å². The van der Waals surface area contributed by atoms with Gasteiger partial charge in [0, 0.05) is 22.5 Å². The summed E-state index contributed by atoms with van der Waals surface area (Å²) in [4.78, 5) is 0. The highest BCUT2D eigenvalue weighted by atomic mass is 35.5. The fourth-order valence-corrected chi connectivity index (χ4v) is 9.76. The fourth-order valence-electron chi connectivity index (χ4n) is 9.76. The van der Waals surface area contributed by atoms with Crippen molar-refractivity contribution in [1.82, 2.24) is 21.3 Å². The Morgan fingerprint density at radius 2 is 0.635 bits per heavy atom. The lowest BCUT2D eigenvalue weighted by molar-refractivity contribution is 0.351. The third-order valence-corrected chi connectivity index (χ3v) is 14.3. The summed E-state index contributed by atoms with van der Waals surface area (Å²) in [5.74, 6) is 5.05. The van der Waals surface area contributed by atoms with Crippen LogP contribution in [0, 0.1) is 0 Å². The molecule has 0 aliphatic carbocycles. The molecule has 0 heterocycles. The second-order valence-corrected chi connectivity index (χ2v) is 19.9. The number of unbranched alkanes of at least 4 members (excludes halogenated alkanes) is 6. The first-order valence-electron chi connectivity index (χ1n) is 28.5. The standard InChI is InChI=1S/2C33H47N3O3.6ClH.H2O/c2*1-37-30-10-8-9-27(25-30)13-17-31-28(14-18-32(38-2)33(31)39-3)20-24-36-22-7-5-4-6-21-35-23-19-26-11-15-29(34)16-12-26;;;;;;;/h2*8-12,14-16,18,25,35-36H,4-7,13,17,19-24,34H2,1-3H3;6*1H;1H2. The Hall–Kier alpha value is -4.74. The predicted octanol–water partition coefficient (Wildman–Crippen LogP) is 12.9. The smallest absolute Gasteiger partial charge is 0.164 e. The van der Waals surface area contributed by atoms with Crippen LogP contribution < -0.4 is 61.2 Å². The number of nitrogen functional groups attached to an aromatic ring is 2. The van der Waals surface area contributed by atoms with Crippen molar-refractivity contribution in [3.63, 3.8) is 0 Å². The zero-order chi connectivity index (χ0) is 55.4. The van der Waals surface area contributed by atoms with E-state index in [9.17, 15) is 0 Å². The zero-order valence-corrected chi connectivity index (χ0v) is 56.0. The van der Waals surface area contributed by atoms with E-state index in [2.05, 4.69) is 81.9 Å². The van der Waals surface area contributed by atoms with Crippen LogP contribution in [0.5, 0.6) is 34.5 Å². The van der Waals surface area contributed by atoms with Crippen LogP contribution in [-0.4, -0.2) is 100 Å². The average Bonchev–Trinajstić information content (AvgIpc) is 3.48. The normalized spacial score (nSPS) is 10.0. The van der Waals surface area contributed by atoms with Crippen LogP contribution in [0.4, 0.5) is 11.4 Å². The maximum Gasteiger partial charge on any atom is 0.164 e. The summed E-state index contributed by atoms with van der Waals surface area (Å²) >= 11 is 0. The lowest BCUT2D eigenvalue weighted by Crippen LogP contribution is -2.20. The van der Waals surface area contributed by atoms with Gasteiger partial charge in [0.25, 0.3) is 0 Å². The van der Waals surface area contributed by atoms with Gasteiger partial charge in [-0.15, -0.1) is 74.4 Å². The molecule has 0 unspecified atom stereocenters. The predicted molar refractivity (Wildman–Crippen MR) is 372 cm³/mol. The van der Waals surface area contributed by atoms with Crippen molar-refractivity contribution < 1.29 is 33.9 Å². The minimum atomic E-state index is 0. The summed E-state index contributed by atoms with van der Waals surface area (Å²) in [5.41, 5.74) is 23.4. The number of methoxy groups -OCH3 is 6. The van der Waals surface area contributed by atoms with Crippen LogP contribution in [0.1, 0.15) is 95.9 Å². The van der Waals surface area contributed by atoms with Crippen molar-refractivity contribution in [3.05, 3.63) is 166 Å². The molecule has 0 aromatic heterocycles. The molecule has 0 saturated carbocycles. The third kappa shape index (κ3) is 32.2. The van der Waals surface area contributed by atoms with Crippen LogP contribution in [0.3, 0.4) is 0 Å². The van der Waals surface area contributed by atoms with Gasteiger partial charge in [-0.05, 0) is 223 Å². The first kappa shape index (κ1) is 84.5. The lowest BCUT2D eigenvalue weighted by atomic mass is 9.96. The van der Waals surface area contributed by atoms with Crippen LogP contribution in [0.25, 0.3) is 0 Å². The summed E-state index contributed by atoms with van der Waals surface area (Å²) in [7, 11) is 10.3. The number of nitrogens with one attached hydrogen (secondary N) is 4. The molecule has 19 heteroatoms. The van der Waals surface area contributed by atoms with Gasteiger partial charge in [0.1, 0.15) is 11.5 Å². The van der Waals surface area contributed by atoms with Gasteiger partial charge < -0.3 is 66.6 Å². The Morgan fingerprint density at radius 1 is 0.306 bits per heavy atom. The molecule has 480 valence electrons. The van der Waals surface area contributed by atoms with Crippen LogP contribution >= 0.6 is 74.4 Å². The number of hydrogen-bond donors (Lipinski definition) is 6. The summed E-state index contributed by atoms with van der Waals surface area (Å²) in [5, 5.41) is 14.4. The van der Waals surface area contributed by atoms with Gasteiger partial charge in [-0.3, -0.25) is 0 Å². The molecule has 0 atom stereocenters. The quantitative estimate of drug-likeness (QED) is 0.0159. The molecular weight excluding hydrogens is 1200 g/mol. The first-order valence-corrected chi connectivity index (χ1v) is 28.5. The maximum absolute atomic E-state index is 5.80. The number of aryl methyl sites for hydroxylation is 2. The van der Waals surface area contributed by atoms with Crippen molar-refractivity contribution in [2.75, 3.05) is 106 Å². The molecule has 0 spiro atoms. The number of hydrogen-bond acceptors (Lipinski definition) is 12. The second-order valence-electron chi connectivity index (χ2n) is 19.9. The SMILES string of the molecule is COc1cccc(CCc2c(CCNCCCCCCNCCc3ccc(N)cc3)ccc(OC)c2OC)c1.COc1cccc(CCc2c(CCNCCCCCCNCCc3ccc(N)cc3)ccc(OC)c2OC)c1.Cl.Cl.Cl.Cl.Cl.Cl.O. The van der Waals surface area contributed by atoms with Gasteiger partial charge >= 0.3 is 0 Å². The summed E-state index contributed by atoms with van der Waals surface area (Å²) in [6, 6.07) is 41.3. The molecule has 0 bridgehead atoms. The Morgan fingerprint density at radius 3 is 0.941 bits per heavy atom. The molecule has 13 nitrogen and oxygen atoms in total. The monoisotopic (exact) mass is 1300 g/mol. The molecule has 0 radical (unpaired) electrons. The van der Waals surface area contributed by atoms with E-state index in [0.29, 0.717) is 0 Å². The molecule has 0 amide bonds. The molecule has 10 N–H and O–H groups in total. The second kappa shape index (κ2) is 51.3. The first-order chi connectivity index (χ1) is 38.3. The van der Waals surface area contributed by atoms with E-state index >= 15 is 0 Å². The summed E-state index contributed by atoms with van der Waals surface area (Å²) < 4.78 is 33.6. The van der Waals surface area contributed by atoms with Crippen molar-refractivity contribution in [1.29, 1.82) is 0 Å². The molecule has 0 aliphatic heterocycles. The van der Waals surface area contributed by atoms with Gasteiger partial charge in [0.2, 0.25) is 0 Å². The van der Waals surface area contributed by atoms with Crippen LogP contribution in [0.2, 0.25) is 0 Å². The van der Waals surface area contributed by atoms with E-state index in [0.717, 1.165) is 150 Å². The minimum absolute atomic E-state index is 0. The summed E-state index contributed by atoms with van der Waals surface area (Å²) in [6.07, 6.45) is 17.5. The van der Waals surface area contributed by atoms with Crippen molar-refractivity contribution in [2.45, 2.75) is 103 Å². The number of anilines is 2. The van der Waals surface area contributed by atoms with Crippen molar-refractivity contribution in [3.8, 4) is 34.5 Å². The van der Waals surface area contributed by atoms with Crippen molar-refractivity contribution >= 4 is 85.8 Å². The average molecular weight is 1300 g/mol. The Kier molecular flexibility index (Phi) is 51.0. The largest absolute Gasteiger partial charge is 0.497 e. The van der Waals surface area contributed by atoms with E-state index < -0.39 is 0 Å². The van der Waals surface area contributed by atoms with Crippen LogP contribution in [-0.2, 0) is 51.4 Å². The van der Waals surface area contributed by atoms with Crippen LogP contribution in [0.15, 0.2) is 121 Å². The molecule has 85 heavy (non-hydrogen) atoms. The molecule has 6 aromatic carbocycles. The molecular formula is C66H102Cl6N6O7. The highest BCUT2D eigenvalue weighted by Gasteiger charge is 2.17. The van der Waals surface area contributed by atoms with Gasteiger partial charge in [0.15, 0.2) is 23.0 Å². The zero-order valence-electron chi connectivity index (χ0n) is 51.1. The summed E-state index contributed by atoms with van der Waals surface area (Å²) in [6.45, 7) is 8.21. The van der Waals surface area contributed by atoms with E-state index in [4.69, 9.17) is 39.9 Å². The minimum Gasteiger partial charge on any atom is -0.497 e. The van der Waals surface area contributed by atoms with E-state index in [1.165, 1.54) is 95.9 Å². The van der Waals surface area contributed by atoms with E-state index in [1.807, 2.05) is 60.7 Å². The number of ether oxygens (including phenoxy) is 6. The number of halogens is 6. The maximum atomic E-state index is 5.80. The van der Waals surface area contributed by atoms with E-state index in [1.54, 1.807) is 42.7 Å². The van der Waals surface area contributed by atoms with Crippen molar-refractivity contribution in [2.24, 2.45) is 0 Å². The number of rotatable bonds is 38. The van der Waals surface area contributed by atoms with Gasteiger partial charge in [-0.25, -0.2) is 0 Å². The molecule has 0 saturated heterocycles. The molecule has 6 aromatic rings. The highest BCUT2D eigenvalue weighted by molar-refractivity contribution is 5.86. The van der Waals surface area contributed by atoms with E-state index in [-0.39, 0.29) is 79.9 Å². The molecule has 0 aliphatic rings. The number of nitrogens with two attached hydrogens (primary N) is 2. The topological polar surface area (TPSA) is 187 Å².